The van der Waals surface area contributed by atoms with Crippen LogP contribution in [0.3, 0.4) is 0 Å². The number of nitrogens with zero attached hydrogens (tertiary/aromatic N) is 3. The Hall–Kier alpha value is -3.02. The van der Waals surface area contributed by atoms with Gasteiger partial charge in [0.1, 0.15) is 6.79 Å². The van der Waals surface area contributed by atoms with Crippen molar-refractivity contribution in [2.45, 2.75) is 27.2 Å². The first-order valence-corrected chi connectivity index (χ1v) is 7.91. The lowest BCUT2D eigenvalue weighted by atomic mass is 10.2. The number of methoxy groups -OCH3 is 1. The number of nitro groups is 1. The predicted molar refractivity (Wildman–Crippen MR) is 99.4 cm³/mol. The van der Waals surface area contributed by atoms with Crippen LogP contribution in [0.4, 0.5) is 0 Å². The Kier molecular flexibility index (Phi) is 11.7. The maximum Gasteiger partial charge on any atom is 0.320 e. The van der Waals surface area contributed by atoms with Crippen molar-refractivity contribution in [3.8, 4) is 12.3 Å². The van der Waals surface area contributed by atoms with Gasteiger partial charge >= 0.3 is 5.70 Å². The molecule has 2 rings (SSSR count). The number of ether oxygens (including phenoxy) is 1. The van der Waals surface area contributed by atoms with Crippen molar-refractivity contribution in [1.82, 2.24) is 9.97 Å². The molecule has 0 aliphatic heterocycles. The third-order valence-electron chi connectivity index (χ3n) is 2.60. The molecule has 0 bridgehead atoms. The smallest absolute Gasteiger partial charge is 0.320 e. The third-order valence-corrected chi connectivity index (χ3v) is 2.60. The first-order chi connectivity index (χ1) is 12.6. The van der Waals surface area contributed by atoms with Gasteiger partial charge in [0.05, 0.1) is 4.92 Å². The molecule has 0 unspecified atom stereocenters. The molecule has 2 aromatic heterocycles. The number of allylic oxidation sites excluding steroid dienone is 4. The van der Waals surface area contributed by atoms with E-state index in [1.165, 1.54) is 13.2 Å². The second kappa shape index (κ2) is 13.3. The highest BCUT2D eigenvalue weighted by molar-refractivity contribution is 5.76. The quantitative estimate of drug-likeness (QED) is 0.285. The number of hydrogen-bond donors (Lipinski definition) is 1. The van der Waals surface area contributed by atoms with Crippen molar-refractivity contribution in [2.75, 3.05) is 13.9 Å². The summed E-state index contributed by atoms with van der Waals surface area (Å²) in [6.07, 6.45) is 10.4. The number of aliphatic hydroxyl groups is 1. The Morgan fingerprint density at radius 2 is 2.19 bits per heavy atom. The lowest BCUT2D eigenvalue weighted by molar-refractivity contribution is -0.417. The molecule has 0 saturated heterocycles. The van der Waals surface area contributed by atoms with E-state index < -0.39 is 4.92 Å². The first kappa shape index (κ1) is 23.0. The molecule has 2 aromatic rings. The summed E-state index contributed by atoms with van der Waals surface area (Å²) in [4.78, 5) is 18.4. The zero-order chi connectivity index (χ0) is 19.9. The van der Waals surface area contributed by atoms with Crippen LogP contribution in [0, 0.1) is 22.5 Å². The van der Waals surface area contributed by atoms with Crippen LogP contribution in [0.1, 0.15) is 33.1 Å². The predicted octanol–water partition coefficient (Wildman–Crippen LogP) is 3.42. The molecule has 26 heavy (non-hydrogen) atoms. The topological polar surface area (TPSA) is 112 Å². The molecular weight excluding hydrogens is 338 g/mol. The highest BCUT2D eigenvalue weighted by atomic mass is 16.6. The molecule has 8 nitrogen and oxygen atoms in total. The molecule has 0 aromatic carbocycles. The fourth-order valence-electron chi connectivity index (χ4n) is 1.61. The number of hydrogen-bond acceptors (Lipinski definition) is 7. The third kappa shape index (κ3) is 7.25. The van der Waals surface area contributed by atoms with E-state index in [1.54, 1.807) is 24.4 Å². The van der Waals surface area contributed by atoms with Crippen molar-refractivity contribution in [1.29, 1.82) is 0 Å². The van der Waals surface area contributed by atoms with Crippen LogP contribution in [0.5, 0.6) is 0 Å². The molecule has 140 valence electrons. The Morgan fingerprint density at radius 1 is 1.54 bits per heavy atom. The van der Waals surface area contributed by atoms with Gasteiger partial charge in [-0.15, -0.1) is 6.42 Å². The highest BCUT2D eigenvalue weighted by Gasteiger charge is 2.14. The molecule has 0 saturated carbocycles. The van der Waals surface area contributed by atoms with Crippen molar-refractivity contribution < 1.29 is 19.2 Å². The number of terminal acetylenes is 1. The molecule has 0 aliphatic rings. The minimum atomic E-state index is -0.621. The van der Waals surface area contributed by atoms with E-state index in [0.29, 0.717) is 23.2 Å². The van der Waals surface area contributed by atoms with Gasteiger partial charge in [-0.2, -0.15) is 4.98 Å². The lowest BCUT2D eigenvalue weighted by Crippen LogP contribution is -1.96. The average molecular weight is 361 g/mol. The standard InChI is InChI=1S/C14H11N3O3.C2H6O2.C2H6/c1-3-6-10(9-11(4-2)17(18)19)14-16-13-12(20-14)7-5-8-15-13;1-4-2-3;1-2/h2,5-9H,3H2,1H3;3H,2H2,1H3;1-2H3/b10-6+,11-9+;;. The van der Waals surface area contributed by atoms with Crippen LogP contribution < -0.4 is 0 Å². The number of aliphatic hydroxyl groups excluding tert-OH is 1. The zero-order valence-electron chi connectivity index (χ0n) is 15.3. The average Bonchev–Trinajstić information content (AvgIpc) is 3.10. The summed E-state index contributed by atoms with van der Waals surface area (Å²) in [6.45, 7) is 5.72. The van der Waals surface area contributed by atoms with E-state index in [-0.39, 0.29) is 18.4 Å². The van der Waals surface area contributed by atoms with E-state index in [2.05, 4.69) is 14.7 Å². The van der Waals surface area contributed by atoms with E-state index in [9.17, 15) is 10.1 Å². The second-order valence-corrected chi connectivity index (χ2v) is 4.26. The summed E-state index contributed by atoms with van der Waals surface area (Å²) in [6, 6.07) is 3.45. The minimum absolute atomic E-state index is 0.181. The lowest BCUT2D eigenvalue weighted by Gasteiger charge is -1.95. The summed E-state index contributed by atoms with van der Waals surface area (Å²) in [5.41, 5.74) is 1.08. The Balaban J connectivity index is 0.000000920. The normalized spacial score (nSPS) is 10.9. The van der Waals surface area contributed by atoms with Crippen molar-refractivity contribution in [2.24, 2.45) is 0 Å². The largest absolute Gasteiger partial charge is 0.434 e. The van der Waals surface area contributed by atoms with Gasteiger partial charge in [0.15, 0.2) is 11.2 Å². The van der Waals surface area contributed by atoms with Crippen molar-refractivity contribution >= 4 is 16.8 Å². The van der Waals surface area contributed by atoms with Crippen LogP contribution in [-0.2, 0) is 4.74 Å². The molecule has 0 spiro atoms. The van der Waals surface area contributed by atoms with E-state index in [0.717, 1.165) is 0 Å². The maximum atomic E-state index is 10.8. The van der Waals surface area contributed by atoms with E-state index >= 15 is 0 Å². The van der Waals surface area contributed by atoms with Gasteiger partial charge in [0.2, 0.25) is 5.89 Å². The summed E-state index contributed by atoms with van der Waals surface area (Å²) < 4.78 is 9.63. The summed E-state index contributed by atoms with van der Waals surface area (Å²) in [5, 5.41) is 18.4. The summed E-state index contributed by atoms with van der Waals surface area (Å²) >= 11 is 0. The molecule has 0 fully saturated rings. The van der Waals surface area contributed by atoms with Crippen molar-refractivity contribution in [3.05, 3.63) is 52.2 Å². The molecule has 0 radical (unpaired) electrons. The van der Waals surface area contributed by atoms with Gasteiger partial charge in [-0.05, 0) is 18.6 Å². The molecule has 0 aliphatic carbocycles. The van der Waals surface area contributed by atoms with Crippen LogP contribution in [0.25, 0.3) is 16.8 Å². The SMILES string of the molecule is C#C/C(=C\C(=C/CC)c1nc2ncccc2o1)[N+](=O)[O-].CC.COCO. The van der Waals surface area contributed by atoms with Crippen LogP contribution in [-0.4, -0.2) is 33.9 Å². The minimum Gasteiger partial charge on any atom is -0.434 e. The van der Waals surface area contributed by atoms with Gasteiger partial charge in [-0.25, -0.2) is 4.98 Å². The van der Waals surface area contributed by atoms with Gasteiger partial charge in [0, 0.05) is 30.9 Å². The number of fused-ring (bicyclic) bond motifs is 1. The first-order valence-electron chi connectivity index (χ1n) is 7.91. The Bertz CT molecular complexity index is 752. The number of pyridine rings is 1. The van der Waals surface area contributed by atoms with Gasteiger partial charge in [-0.1, -0.05) is 26.8 Å². The molecule has 0 atom stereocenters. The van der Waals surface area contributed by atoms with Crippen LogP contribution in [0.15, 0.2) is 40.6 Å². The number of aromatic nitrogens is 2. The van der Waals surface area contributed by atoms with E-state index in [4.69, 9.17) is 15.9 Å². The summed E-state index contributed by atoms with van der Waals surface area (Å²) in [5.74, 6) is 2.29. The van der Waals surface area contributed by atoms with Gasteiger partial charge in [0.25, 0.3) is 0 Å². The second-order valence-electron chi connectivity index (χ2n) is 4.26. The van der Waals surface area contributed by atoms with E-state index in [1.807, 2.05) is 26.7 Å². The Morgan fingerprint density at radius 3 is 2.65 bits per heavy atom. The molecule has 1 N–H and O–H groups in total. The molecular formula is C18H23N3O5. The summed E-state index contributed by atoms with van der Waals surface area (Å²) in [7, 11) is 1.43. The number of oxazole rings is 1. The Labute approximate surface area is 152 Å². The van der Waals surface area contributed by atoms with Gasteiger partial charge < -0.3 is 14.3 Å². The van der Waals surface area contributed by atoms with Crippen LogP contribution >= 0.6 is 0 Å². The highest BCUT2D eigenvalue weighted by Crippen LogP contribution is 2.22. The van der Waals surface area contributed by atoms with Crippen LogP contribution in [0.2, 0.25) is 0 Å². The molecule has 0 amide bonds. The maximum absolute atomic E-state index is 10.8. The fourth-order valence-corrected chi connectivity index (χ4v) is 1.61. The molecule has 2 heterocycles. The molecule has 8 heteroatoms. The zero-order valence-corrected chi connectivity index (χ0v) is 15.3. The monoisotopic (exact) mass is 361 g/mol. The number of rotatable bonds is 5. The van der Waals surface area contributed by atoms with Gasteiger partial charge in [-0.3, -0.25) is 10.1 Å². The fraction of sp³-hybridized carbons (Fsp3) is 0.333. The van der Waals surface area contributed by atoms with Crippen molar-refractivity contribution in [3.63, 3.8) is 0 Å².